The number of amides is 1. The average Bonchev–Trinajstić information content (AvgIpc) is 2.96. The molecule has 5 atom stereocenters. The molecule has 6 heteroatoms. The molecule has 4 rings (SSSR count). The number of ether oxygens (including phenoxy) is 3. The Bertz CT molecular complexity index is 384. The van der Waals surface area contributed by atoms with Crippen LogP contribution in [0.4, 0.5) is 4.79 Å². The van der Waals surface area contributed by atoms with Gasteiger partial charge in [-0.15, -0.1) is 0 Å². The van der Waals surface area contributed by atoms with Gasteiger partial charge in [-0.05, 0) is 12.8 Å². The summed E-state index contributed by atoms with van der Waals surface area (Å²) in [4.78, 5) is 11.3. The van der Waals surface area contributed by atoms with Crippen molar-refractivity contribution >= 4 is 28.7 Å². The van der Waals surface area contributed by atoms with Gasteiger partial charge in [-0.2, -0.15) is 0 Å². The molecule has 0 aromatic carbocycles. The Hall–Kier alpha value is -0.0800. The molecule has 2 aliphatic heterocycles. The van der Waals surface area contributed by atoms with E-state index < -0.39 is 5.79 Å². The van der Waals surface area contributed by atoms with Gasteiger partial charge in [0.1, 0.15) is 12.2 Å². The minimum atomic E-state index is -0.392. The molecule has 100 valence electrons. The summed E-state index contributed by atoms with van der Waals surface area (Å²) in [6.07, 6.45) is 5.01. The molecule has 1 N–H and O–H groups in total. The summed E-state index contributed by atoms with van der Waals surface area (Å²) >= 11 is 2.36. The number of carbonyl (C=O) groups excluding carboxylic acids is 1. The Kier molecular flexibility index (Phi) is 2.58. The molecule has 1 amide bonds. The summed E-state index contributed by atoms with van der Waals surface area (Å²) in [7, 11) is 0. The first-order valence-electron chi connectivity index (χ1n) is 6.65. The number of alkyl halides is 1. The first-order valence-corrected chi connectivity index (χ1v) is 7.90. The highest BCUT2D eigenvalue weighted by Crippen LogP contribution is 2.49. The Labute approximate surface area is 119 Å². The van der Waals surface area contributed by atoms with Crippen molar-refractivity contribution in [2.24, 2.45) is 0 Å². The monoisotopic (exact) mass is 365 g/mol. The molecule has 0 aromatic heterocycles. The lowest BCUT2D eigenvalue weighted by Crippen LogP contribution is -2.42. The van der Waals surface area contributed by atoms with E-state index in [0.717, 1.165) is 25.7 Å². The number of hydrogen-bond acceptors (Lipinski definition) is 4. The van der Waals surface area contributed by atoms with Crippen molar-refractivity contribution in [2.75, 3.05) is 0 Å². The van der Waals surface area contributed by atoms with E-state index in [2.05, 4.69) is 27.9 Å². The lowest BCUT2D eigenvalue weighted by Gasteiger charge is -2.33. The van der Waals surface area contributed by atoms with E-state index in [1.807, 2.05) is 0 Å². The van der Waals surface area contributed by atoms with Crippen molar-refractivity contribution in [3.05, 3.63) is 0 Å². The molecular weight excluding hydrogens is 349 g/mol. The van der Waals surface area contributed by atoms with E-state index in [4.69, 9.17) is 14.2 Å². The van der Waals surface area contributed by atoms with Crippen LogP contribution in [-0.2, 0) is 14.2 Å². The Balaban J connectivity index is 1.58. The van der Waals surface area contributed by atoms with Crippen LogP contribution < -0.4 is 5.32 Å². The molecule has 2 saturated carbocycles. The van der Waals surface area contributed by atoms with Gasteiger partial charge in [-0.1, -0.05) is 29.0 Å². The zero-order chi connectivity index (χ0) is 12.3. The fraction of sp³-hybridized carbons (Fsp3) is 0.917. The van der Waals surface area contributed by atoms with Gasteiger partial charge in [-0.25, -0.2) is 4.79 Å². The van der Waals surface area contributed by atoms with Crippen LogP contribution in [0.3, 0.4) is 0 Å². The molecule has 4 fully saturated rings. The number of nitrogens with one attached hydrogen (secondary N) is 1. The van der Waals surface area contributed by atoms with Crippen molar-refractivity contribution in [3.8, 4) is 0 Å². The van der Waals surface area contributed by atoms with E-state index in [9.17, 15) is 4.79 Å². The average molecular weight is 365 g/mol. The number of fused-ring (bicyclic) bond motifs is 3. The van der Waals surface area contributed by atoms with Gasteiger partial charge in [-0.3, -0.25) is 0 Å². The highest BCUT2D eigenvalue weighted by atomic mass is 127. The standard InChI is InChI=1S/C12H16INO4/c13-6-7-9(16-11(15)14-7)10-8(6)17-12(18-10)4-2-1-3-5-12/h6-10H,1-5H2,(H,14,15)/t6-,7+,8-,9+,10-/m1/s1. The third-order valence-corrected chi connectivity index (χ3v) is 5.99. The maximum absolute atomic E-state index is 11.3. The summed E-state index contributed by atoms with van der Waals surface area (Å²) in [5.41, 5.74) is 0. The van der Waals surface area contributed by atoms with Gasteiger partial charge in [0.05, 0.1) is 9.97 Å². The number of hydrogen-bond donors (Lipinski definition) is 1. The molecule has 4 aliphatic rings. The van der Waals surface area contributed by atoms with Crippen molar-refractivity contribution in [1.29, 1.82) is 0 Å². The van der Waals surface area contributed by atoms with Crippen LogP contribution in [0.2, 0.25) is 0 Å². The number of alkyl carbamates (subject to hydrolysis) is 1. The zero-order valence-corrected chi connectivity index (χ0v) is 12.1. The fourth-order valence-corrected chi connectivity index (χ4v) is 4.82. The summed E-state index contributed by atoms with van der Waals surface area (Å²) in [6, 6.07) is 0.0361. The van der Waals surface area contributed by atoms with E-state index >= 15 is 0 Å². The smallest absolute Gasteiger partial charge is 0.407 e. The van der Waals surface area contributed by atoms with Crippen LogP contribution in [0.5, 0.6) is 0 Å². The van der Waals surface area contributed by atoms with Gasteiger partial charge in [0.2, 0.25) is 0 Å². The highest BCUT2D eigenvalue weighted by molar-refractivity contribution is 14.1. The van der Waals surface area contributed by atoms with Crippen LogP contribution in [0, 0.1) is 0 Å². The van der Waals surface area contributed by atoms with Gasteiger partial charge in [0.25, 0.3) is 0 Å². The number of rotatable bonds is 0. The van der Waals surface area contributed by atoms with Crippen LogP contribution in [0.1, 0.15) is 32.1 Å². The van der Waals surface area contributed by atoms with Gasteiger partial charge >= 0.3 is 6.09 Å². The Morgan fingerprint density at radius 3 is 2.61 bits per heavy atom. The molecule has 18 heavy (non-hydrogen) atoms. The number of halogens is 1. The second-order valence-corrected chi connectivity index (χ2v) is 7.06. The third-order valence-electron chi connectivity index (χ3n) is 4.50. The predicted octanol–water partition coefficient (Wildman–Crippen LogP) is 1.72. The van der Waals surface area contributed by atoms with Crippen LogP contribution in [0.25, 0.3) is 0 Å². The van der Waals surface area contributed by atoms with Gasteiger partial charge in [0, 0.05) is 12.8 Å². The Morgan fingerprint density at radius 1 is 1.11 bits per heavy atom. The van der Waals surface area contributed by atoms with Crippen molar-refractivity contribution < 1.29 is 19.0 Å². The minimum absolute atomic E-state index is 0.0361. The molecule has 2 saturated heterocycles. The molecular formula is C12H16INO4. The maximum atomic E-state index is 11.3. The van der Waals surface area contributed by atoms with Crippen molar-refractivity contribution in [2.45, 2.75) is 66.2 Å². The largest absolute Gasteiger partial charge is 0.441 e. The summed E-state index contributed by atoms with van der Waals surface area (Å²) in [5.74, 6) is -0.392. The van der Waals surface area contributed by atoms with E-state index in [0.29, 0.717) is 0 Å². The first kappa shape index (κ1) is 11.7. The third kappa shape index (κ3) is 1.54. The normalized spacial score (nSPS) is 48.7. The van der Waals surface area contributed by atoms with E-state index in [1.54, 1.807) is 0 Å². The van der Waals surface area contributed by atoms with Crippen LogP contribution in [-0.4, -0.2) is 40.2 Å². The molecule has 5 nitrogen and oxygen atoms in total. The van der Waals surface area contributed by atoms with Crippen LogP contribution >= 0.6 is 22.6 Å². The van der Waals surface area contributed by atoms with E-state index in [1.165, 1.54) is 6.42 Å². The maximum Gasteiger partial charge on any atom is 0.407 e. The minimum Gasteiger partial charge on any atom is -0.441 e. The molecule has 2 aliphatic carbocycles. The van der Waals surface area contributed by atoms with Crippen LogP contribution in [0.15, 0.2) is 0 Å². The van der Waals surface area contributed by atoms with Crippen molar-refractivity contribution in [1.82, 2.24) is 5.32 Å². The first-order chi connectivity index (χ1) is 8.69. The second kappa shape index (κ2) is 3.96. The molecule has 0 bridgehead atoms. The van der Waals surface area contributed by atoms with Gasteiger partial charge < -0.3 is 19.5 Å². The van der Waals surface area contributed by atoms with Crippen molar-refractivity contribution in [3.63, 3.8) is 0 Å². The summed E-state index contributed by atoms with van der Waals surface area (Å²) in [5, 5.41) is 2.86. The highest BCUT2D eigenvalue weighted by Gasteiger charge is 2.64. The van der Waals surface area contributed by atoms with E-state index in [-0.39, 0.29) is 34.4 Å². The zero-order valence-electron chi connectivity index (χ0n) is 9.93. The predicted molar refractivity (Wildman–Crippen MR) is 70.6 cm³/mol. The van der Waals surface area contributed by atoms with Gasteiger partial charge in [0.15, 0.2) is 11.9 Å². The molecule has 0 aromatic rings. The molecule has 1 spiro atoms. The summed E-state index contributed by atoms with van der Waals surface area (Å²) in [6.45, 7) is 0. The molecule has 0 unspecified atom stereocenters. The second-order valence-electron chi connectivity index (χ2n) is 5.62. The fourth-order valence-electron chi connectivity index (χ4n) is 3.67. The molecule has 0 radical (unpaired) electrons. The number of carbonyl (C=O) groups is 1. The SMILES string of the molecule is O=C1N[C@H]2[C@@H](I)[C@H]3OC4(CCCCC4)O[C@H]3[C@H]2O1. The molecule has 2 heterocycles. The lowest BCUT2D eigenvalue weighted by atomic mass is 9.94. The summed E-state index contributed by atoms with van der Waals surface area (Å²) < 4.78 is 18.0. The quantitative estimate of drug-likeness (QED) is 0.525. The lowest BCUT2D eigenvalue weighted by molar-refractivity contribution is -0.203. The Morgan fingerprint density at radius 2 is 1.83 bits per heavy atom. The topological polar surface area (TPSA) is 56.8 Å².